The zero-order valence-corrected chi connectivity index (χ0v) is 13.6. The highest BCUT2D eigenvalue weighted by atomic mass is 35.5. The summed E-state index contributed by atoms with van der Waals surface area (Å²) < 4.78 is 3.50. The second-order valence-corrected chi connectivity index (χ2v) is 6.09. The number of rotatable bonds is 3. The predicted molar refractivity (Wildman–Crippen MR) is 98.1 cm³/mol. The molecule has 0 radical (unpaired) electrons. The molecule has 0 saturated heterocycles. The van der Waals surface area contributed by atoms with Crippen molar-refractivity contribution < 1.29 is 0 Å². The summed E-state index contributed by atoms with van der Waals surface area (Å²) in [6, 6.07) is 25.2. The van der Waals surface area contributed by atoms with Crippen LogP contribution in [0.3, 0.4) is 0 Å². The third-order valence-corrected chi connectivity index (χ3v) is 4.32. The van der Waals surface area contributed by atoms with Gasteiger partial charge in [0.1, 0.15) is 0 Å². The highest BCUT2D eigenvalue weighted by Gasteiger charge is 2.15. The van der Waals surface area contributed by atoms with Crippen LogP contribution in [0.4, 0.5) is 0 Å². The van der Waals surface area contributed by atoms with Crippen LogP contribution in [0.15, 0.2) is 83.7 Å². The van der Waals surface area contributed by atoms with Gasteiger partial charge in [0.15, 0.2) is 0 Å². The van der Waals surface area contributed by atoms with Crippen LogP contribution in [0.1, 0.15) is 5.56 Å². The third kappa shape index (κ3) is 2.53. The van der Waals surface area contributed by atoms with Crippen molar-refractivity contribution in [2.24, 2.45) is 0 Å². The fourth-order valence-corrected chi connectivity index (χ4v) is 3.14. The molecule has 0 bridgehead atoms. The second kappa shape index (κ2) is 6.02. The van der Waals surface area contributed by atoms with Crippen molar-refractivity contribution in [3.63, 3.8) is 0 Å². The van der Waals surface area contributed by atoms with Gasteiger partial charge in [-0.25, -0.2) is 4.79 Å². The number of imidazole rings is 1. The maximum absolute atomic E-state index is 13.1. The van der Waals surface area contributed by atoms with Crippen LogP contribution in [0.5, 0.6) is 0 Å². The van der Waals surface area contributed by atoms with Crippen molar-refractivity contribution in [1.82, 2.24) is 9.13 Å². The lowest BCUT2D eigenvalue weighted by molar-refractivity contribution is 0.763. The zero-order chi connectivity index (χ0) is 16.5. The topological polar surface area (TPSA) is 26.9 Å². The summed E-state index contributed by atoms with van der Waals surface area (Å²) in [7, 11) is 0. The highest BCUT2D eigenvalue weighted by Crippen LogP contribution is 2.22. The number of fused-ring (bicyclic) bond motifs is 1. The Kier molecular flexibility index (Phi) is 3.71. The Morgan fingerprint density at radius 3 is 2.17 bits per heavy atom. The fourth-order valence-electron chi connectivity index (χ4n) is 2.98. The largest absolute Gasteiger partial charge is 0.334 e. The van der Waals surface area contributed by atoms with E-state index in [1.165, 1.54) is 0 Å². The first kappa shape index (κ1) is 14.8. The molecule has 1 heterocycles. The van der Waals surface area contributed by atoms with Gasteiger partial charge in [0.05, 0.1) is 23.3 Å². The van der Waals surface area contributed by atoms with E-state index in [1.54, 1.807) is 9.13 Å². The number of nitrogens with zero attached hydrogens (tertiary/aromatic N) is 2. The van der Waals surface area contributed by atoms with Crippen LogP contribution in [-0.4, -0.2) is 9.13 Å². The molecule has 0 saturated carbocycles. The SMILES string of the molecule is O=c1n(Cc2ccccc2)c2ccc(Cl)cc2n1-c1ccccc1. The number of hydrogen-bond acceptors (Lipinski definition) is 1. The van der Waals surface area contributed by atoms with Gasteiger partial charge in [0.2, 0.25) is 0 Å². The molecule has 4 rings (SSSR count). The molecule has 0 unspecified atom stereocenters. The monoisotopic (exact) mass is 334 g/mol. The Balaban J connectivity index is 1.98. The van der Waals surface area contributed by atoms with Gasteiger partial charge >= 0.3 is 5.69 Å². The molecule has 4 aromatic rings. The normalized spacial score (nSPS) is 11.0. The average Bonchev–Trinajstić information content (AvgIpc) is 2.88. The molecule has 118 valence electrons. The van der Waals surface area contributed by atoms with Gasteiger partial charge in [0.25, 0.3) is 0 Å². The van der Waals surface area contributed by atoms with E-state index < -0.39 is 0 Å². The number of para-hydroxylation sites is 1. The van der Waals surface area contributed by atoms with Crippen LogP contribution < -0.4 is 5.69 Å². The summed E-state index contributed by atoms with van der Waals surface area (Å²) in [5.41, 5.74) is 3.54. The maximum atomic E-state index is 13.1. The molecule has 3 aromatic carbocycles. The molecule has 0 amide bonds. The smallest absolute Gasteiger partial charge is 0.287 e. The molecule has 3 nitrogen and oxygen atoms in total. The van der Waals surface area contributed by atoms with Gasteiger partial charge in [0, 0.05) is 5.02 Å². The number of halogens is 1. The minimum atomic E-state index is -0.0673. The lowest BCUT2D eigenvalue weighted by Crippen LogP contribution is -2.23. The molecular weight excluding hydrogens is 320 g/mol. The van der Waals surface area contributed by atoms with Gasteiger partial charge in [-0.05, 0) is 35.9 Å². The van der Waals surface area contributed by atoms with Crippen molar-refractivity contribution in [2.75, 3.05) is 0 Å². The second-order valence-electron chi connectivity index (χ2n) is 5.66. The Labute approximate surface area is 144 Å². The van der Waals surface area contributed by atoms with Crippen LogP contribution in [0.25, 0.3) is 16.7 Å². The van der Waals surface area contributed by atoms with Crippen molar-refractivity contribution in [3.05, 3.63) is 99.9 Å². The Morgan fingerprint density at radius 1 is 0.792 bits per heavy atom. The molecule has 1 aromatic heterocycles. The van der Waals surface area contributed by atoms with Crippen molar-refractivity contribution in [1.29, 1.82) is 0 Å². The summed E-state index contributed by atoms with van der Waals surface area (Å²) in [6.45, 7) is 0.525. The Hall–Kier alpha value is -2.78. The average molecular weight is 335 g/mol. The predicted octanol–water partition coefficient (Wildman–Crippen LogP) is 4.49. The molecule has 24 heavy (non-hydrogen) atoms. The summed E-state index contributed by atoms with van der Waals surface area (Å²) >= 11 is 6.18. The third-order valence-electron chi connectivity index (χ3n) is 4.09. The first-order valence-corrected chi connectivity index (χ1v) is 8.12. The summed E-state index contributed by atoms with van der Waals surface area (Å²) in [4.78, 5) is 13.1. The van der Waals surface area contributed by atoms with Gasteiger partial charge in [-0.2, -0.15) is 0 Å². The van der Waals surface area contributed by atoms with Crippen LogP contribution >= 0.6 is 11.6 Å². The maximum Gasteiger partial charge on any atom is 0.334 e. The van der Waals surface area contributed by atoms with E-state index in [9.17, 15) is 4.79 Å². The Morgan fingerprint density at radius 2 is 1.46 bits per heavy atom. The van der Waals surface area contributed by atoms with Crippen LogP contribution in [0.2, 0.25) is 5.02 Å². The van der Waals surface area contributed by atoms with Gasteiger partial charge in [-0.3, -0.25) is 9.13 Å². The summed E-state index contributed by atoms with van der Waals surface area (Å²) in [5, 5.41) is 0.615. The van der Waals surface area contributed by atoms with E-state index >= 15 is 0 Å². The standard InChI is InChI=1S/C20H15ClN2O/c21-16-11-12-18-19(13-16)23(17-9-5-2-6-10-17)20(24)22(18)14-15-7-3-1-4-8-15/h1-13H,14H2. The fraction of sp³-hybridized carbons (Fsp3) is 0.0500. The van der Waals surface area contributed by atoms with Gasteiger partial charge in [-0.1, -0.05) is 60.1 Å². The van der Waals surface area contributed by atoms with E-state index in [0.717, 1.165) is 22.3 Å². The molecule has 0 aliphatic heterocycles. The molecule has 0 aliphatic rings. The van der Waals surface area contributed by atoms with Gasteiger partial charge < -0.3 is 0 Å². The molecule has 0 atom stereocenters. The quantitative estimate of drug-likeness (QED) is 0.542. The molecule has 4 heteroatoms. The number of benzene rings is 3. The minimum absolute atomic E-state index is 0.0673. The van der Waals surface area contributed by atoms with Crippen molar-refractivity contribution in [3.8, 4) is 5.69 Å². The van der Waals surface area contributed by atoms with Gasteiger partial charge in [-0.15, -0.1) is 0 Å². The number of aromatic nitrogens is 2. The molecular formula is C20H15ClN2O. The molecule has 0 aliphatic carbocycles. The summed E-state index contributed by atoms with van der Waals surface area (Å²) in [6.07, 6.45) is 0. The zero-order valence-electron chi connectivity index (χ0n) is 12.9. The first-order chi connectivity index (χ1) is 11.7. The minimum Gasteiger partial charge on any atom is -0.287 e. The summed E-state index contributed by atoms with van der Waals surface area (Å²) in [5.74, 6) is 0. The first-order valence-electron chi connectivity index (χ1n) is 7.74. The number of hydrogen-bond donors (Lipinski definition) is 0. The van der Waals surface area contributed by atoms with E-state index in [2.05, 4.69) is 0 Å². The lowest BCUT2D eigenvalue weighted by Gasteiger charge is -2.03. The van der Waals surface area contributed by atoms with Crippen molar-refractivity contribution >= 4 is 22.6 Å². The van der Waals surface area contributed by atoms with E-state index in [-0.39, 0.29) is 5.69 Å². The van der Waals surface area contributed by atoms with Crippen LogP contribution in [-0.2, 0) is 6.54 Å². The van der Waals surface area contributed by atoms with E-state index in [0.29, 0.717) is 11.6 Å². The van der Waals surface area contributed by atoms with E-state index in [1.807, 2.05) is 78.9 Å². The Bertz CT molecular complexity index is 1050. The van der Waals surface area contributed by atoms with E-state index in [4.69, 9.17) is 11.6 Å². The molecule has 0 N–H and O–H groups in total. The van der Waals surface area contributed by atoms with Crippen molar-refractivity contribution in [2.45, 2.75) is 6.54 Å². The van der Waals surface area contributed by atoms with Crippen LogP contribution in [0, 0.1) is 0 Å². The molecule has 0 spiro atoms. The molecule has 0 fully saturated rings. The highest BCUT2D eigenvalue weighted by molar-refractivity contribution is 6.31. The lowest BCUT2D eigenvalue weighted by atomic mass is 10.2.